The fraction of sp³-hybridized carbons (Fsp3) is 0.786. The number of fused-ring (bicyclic) bond motifs is 1. The molecule has 3 N–H and O–H groups in total. The van der Waals surface area contributed by atoms with Crippen molar-refractivity contribution in [1.82, 2.24) is 0 Å². The minimum atomic E-state index is -0.613. The molecule has 6 atom stereocenters. The van der Waals surface area contributed by atoms with Crippen molar-refractivity contribution in [1.29, 1.82) is 0 Å². The maximum absolute atomic E-state index is 10.1. The molecule has 3 rings (SSSR count). The van der Waals surface area contributed by atoms with E-state index in [1.165, 1.54) is 44.9 Å². The summed E-state index contributed by atoms with van der Waals surface area (Å²) in [6, 6.07) is 0. The van der Waals surface area contributed by atoms with Crippen LogP contribution < -0.4 is 0 Å². The molecule has 3 aliphatic rings. The van der Waals surface area contributed by atoms with Gasteiger partial charge in [-0.2, -0.15) is 0 Å². The Bertz CT molecular complexity index is 698. The lowest BCUT2D eigenvalue weighted by molar-refractivity contribution is 0.0650. The van der Waals surface area contributed by atoms with Crippen LogP contribution in [0.3, 0.4) is 0 Å². The molecule has 0 heterocycles. The Morgan fingerprint density at radius 3 is 2.65 bits per heavy atom. The molecule has 3 saturated carbocycles. The lowest BCUT2D eigenvalue weighted by Crippen LogP contribution is -2.36. The highest BCUT2D eigenvalue weighted by Crippen LogP contribution is 2.60. The predicted molar refractivity (Wildman–Crippen MR) is 129 cm³/mol. The van der Waals surface area contributed by atoms with E-state index in [2.05, 4.69) is 32.6 Å². The van der Waals surface area contributed by atoms with E-state index in [1.807, 2.05) is 13.8 Å². The van der Waals surface area contributed by atoms with Crippen LogP contribution in [-0.4, -0.2) is 33.1 Å². The van der Waals surface area contributed by atoms with Gasteiger partial charge in [0.25, 0.3) is 0 Å². The standard InChI is InChI=1S/C28H46O3/c1-19(9-6-7-15-27(3,4)31)24-13-14-25-21(10-8-16-28(24,25)5)11-12-22-17-23(29)18-26(30)20(22)2/h11-12,19,23-26,29-31H,2,6-10,13-18H2,1,3-5H3/b21-11+,22-12-/t19-,23-,24-,25+,26-,28+/m0/s1. The Labute approximate surface area is 190 Å². The van der Waals surface area contributed by atoms with E-state index < -0.39 is 17.8 Å². The van der Waals surface area contributed by atoms with Crippen LogP contribution in [0.15, 0.2) is 35.5 Å². The summed E-state index contributed by atoms with van der Waals surface area (Å²) >= 11 is 0. The molecule has 3 fully saturated rings. The van der Waals surface area contributed by atoms with Crippen LogP contribution in [0, 0.1) is 23.2 Å². The molecule has 176 valence electrons. The van der Waals surface area contributed by atoms with Crippen molar-refractivity contribution in [2.75, 3.05) is 0 Å². The average molecular weight is 431 g/mol. The number of allylic oxidation sites excluding steroid dienone is 3. The molecule has 3 nitrogen and oxygen atoms in total. The van der Waals surface area contributed by atoms with Crippen molar-refractivity contribution < 1.29 is 15.3 Å². The Kier molecular flexibility index (Phi) is 7.92. The number of aliphatic hydroxyl groups is 3. The molecular formula is C28H46O3. The maximum Gasteiger partial charge on any atom is 0.0811 e. The summed E-state index contributed by atoms with van der Waals surface area (Å²) in [5, 5.41) is 30.2. The van der Waals surface area contributed by atoms with Gasteiger partial charge in [0.2, 0.25) is 0 Å². The normalized spacial score (nSPS) is 38.0. The van der Waals surface area contributed by atoms with Gasteiger partial charge in [0.1, 0.15) is 0 Å². The van der Waals surface area contributed by atoms with Gasteiger partial charge in [0.05, 0.1) is 17.8 Å². The number of unbranched alkanes of at least 4 members (excludes halogenated alkanes) is 1. The Morgan fingerprint density at radius 2 is 1.94 bits per heavy atom. The van der Waals surface area contributed by atoms with E-state index in [0.717, 1.165) is 35.8 Å². The van der Waals surface area contributed by atoms with E-state index in [4.69, 9.17) is 0 Å². The first-order valence-electron chi connectivity index (χ1n) is 12.7. The number of hydrogen-bond donors (Lipinski definition) is 3. The van der Waals surface area contributed by atoms with Crippen molar-refractivity contribution in [3.05, 3.63) is 35.5 Å². The molecule has 3 heteroatoms. The zero-order chi connectivity index (χ0) is 22.8. The number of rotatable bonds is 7. The van der Waals surface area contributed by atoms with Crippen LogP contribution in [0.2, 0.25) is 0 Å². The molecule has 31 heavy (non-hydrogen) atoms. The first-order chi connectivity index (χ1) is 14.5. The van der Waals surface area contributed by atoms with Crippen LogP contribution in [0.5, 0.6) is 0 Å². The second-order valence-corrected chi connectivity index (χ2v) is 11.7. The van der Waals surface area contributed by atoms with Gasteiger partial charge in [0.15, 0.2) is 0 Å². The van der Waals surface area contributed by atoms with Crippen LogP contribution in [-0.2, 0) is 0 Å². The molecule has 0 aromatic rings. The topological polar surface area (TPSA) is 60.7 Å². The first kappa shape index (κ1) is 24.7. The summed E-state index contributed by atoms with van der Waals surface area (Å²) in [5.74, 6) is 2.18. The molecule has 0 aromatic carbocycles. The third-order valence-electron chi connectivity index (χ3n) is 8.69. The van der Waals surface area contributed by atoms with Crippen molar-refractivity contribution in [3.8, 4) is 0 Å². The highest BCUT2D eigenvalue weighted by Gasteiger charge is 2.50. The molecule has 0 saturated heterocycles. The molecule has 0 bridgehead atoms. The quantitative estimate of drug-likeness (QED) is 0.428. The second kappa shape index (κ2) is 9.93. The summed E-state index contributed by atoms with van der Waals surface area (Å²) in [6.07, 6.45) is 15.2. The zero-order valence-corrected chi connectivity index (χ0v) is 20.4. The maximum atomic E-state index is 10.1. The molecule has 0 spiro atoms. The van der Waals surface area contributed by atoms with Crippen LogP contribution in [0.4, 0.5) is 0 Å². The third kappa shape index (κ3) is 5.92. The fourth-order valence-electron chi connectivity index (χ4n) is 6.90. The van der Waals surface area contributed by atoms with Gasteiger partial charge < -0.3 is 15.3 Å². The summed E-state index contributed by atoms with van der Waals surface area (Å²) < 4.78 is 0. The van der Waals surface area contributed by atoms with Gasteiger partial charge in [-0.25, -0.2) is 0 Å². The minimum Gasteiger partial charge on any atom is -0.393 e. The monoisotopic (exact) mass is 430 g/mol. The minimum absolute atomic E-state index is 0.390. The van der Waals surface area contributed by atoms with E-state index in [-0.39, 0.29) is 0 Å². The Morgan fingerprint density at radius 1 is 1.19 bits per heavy atom. The van der Waals surface area contributed by atoms with Gasteiger partial charge >= 0.3 is 0 Å². The molecule has 3 aliphatic carbocycles. The average Bonchev–Trinajstić information content (AvgIpc) is 3.03. The summed E-state index contributed by atoms with van der Waals surface area (Å²) in [5.41, 5.74) is 3.22. The van der Waals surface area contributed by atoms with E-state index in [1.54, 1.807) is 5.57 Å². The van der Waals surface area contributed by atoms with Gasteiger partial charge in [0, 0.05) is 6.42 Å². The summed E-state index contributed by atoms with van der Waals surface area (Å²) in [6.45, 7) is 12.9. The summed E-state index contributed by atoms with van der Waals surface area (Å²) in [7, 11) is 0. The van der Waals surface area contributed by atoms with Crippen LogP contribution in [0.25, 0.3) is 0 Å². The van der Waals surface area contributed by atoms with Crippen molar-refractivity contribution in [3.63, 3.8) is 0 Å². The number of hydrogen-bond acceptors (Lipinski definition) is 3. The number of aliphatic hydroxyl groups excluding tert-OH is 2. The van der Waals surface area contributed by atoms with Gasteiger partial charge in [-0.1, -0.05) is 57.4 Å². The van der Waals surface area contributed by atoms with E-state index in [9.17, 15) is 15.3 Å². The van der Waals surface area contributed by atoms with Crippen LogP contribution >= 0.6 is 0 Å². The molecule has 0 aromatic heterocycles. The predicted octanol–water partition coefficient (Wildman–Crippen LogP) is 6.09. The second-order valence-electron chi connectivity index (χ2n) is 11.7. The molecule has 0 amide bonds. The van der Waals surface area contributed by atoms with Crippen molar-refractivity contribution in [2.45, 2.75) is 116 Å². The zero-order valence-electron chi connectivity index (χ0n) is 20.4. The van der Waals surface area contributed by atoms with Gasteiger partial charge in [-0.3, -0.25) is 0 Å². The van der Waals surface area contributed by atoms with E-state index >= 15 is 0 Å². The molecule has 0 unspecified atom stereocenters. The van der Waals surface area contributed by atoms with Gasteiger partial charge in [-0.05, 0) is 93.1 Å². The van der Waals surface area contributed by atoms with Crippen molar-refractivity contribution >= 4 is 0 Å². The van der Waals surface area contributed by atoms with Gasteiger partial charge in [-0.15, -0.1) is 0 Å². The smallest absolute Gasteiger partial charge is 0.0811 e. The van der Waals surface area contributed by atoms with Crippen LogP contribution in [0.1, 0.15) is 98.3 Å². The molecular weight excluding hydrogens is 384 g/mol. The molecule has 0 radical (unpaired) electrons. The lowest BCUT2D eigenvalue weighted by Gasteiger charge is -2.44. The highest BCUT2D eigenvalue weighted by atomic mass is 16.3. The van der Waals surface area contributed by atoms with Crippen molar-refractivity contribution in [2.24, 2.45) is 23.2 Å². The highest BCUT2D eigenvalue weighted by molar-refractivity contribution is 5.38. The SMILES string of the molecule is C=C1/C(=C\C=C2/CCC[C@@]3(C)[C@@H]2CC[C@H]3[C@@H](C)CCCCC(C)(C)O)C[C@H](O)C[C@@H]1O. The largest absolute Gasteiger partial charge is 0.393 e. The molecule has 0 aliphatic heterocycles. The fourth-order valence-corrected chi connectivity index (χ4v) is 6.90. The Hall–Kier alpha value is -0.900. The van der Waals surface area contributed by atoms with E-state index in [0.29, 0.717) is 24.2 Å². The Balaban J connectivity index is 1.66. The first-order valence-corrected chi connectivity index (χ1v) is 12.7. The summed E-state index contributed by atoms with van der Waals surface area (Å²) in [4.78, 5) is 0. The third-order valence-corrected chi connectivity index (χ3v) is 8.69. The lowest BCUT2D eigenvalue weighted by atomic mass is 9.60.